The van der Waals surface area contributed by atoms with Crippen molar-refractivity contribution in [2.45, 2.75) is 33.0 Å². The minimum absolute atomic E-state index is 0.0907. The van der Waals surface area contributed by atoms with Gasteiger partial charge in [0.05, 0.1) is 29.8 Å². The number of ether oxygens (including phenoxy) is 2. The third-order valence-corrected chi connectivity index (χ3v) is 4.57. The molecule has 2 saturated heterocycles. The van der Waals surface area contributed by atoms with Gasteiger partial charge in [-0.05, 0) is 26.8 Å². The van der Waals surface area contributed by atoms with Gasteiger partial charge in [0, 0.05) is 25.3 Å². The van der Waals surface area contributed by atoms with Crippen LogP contribution >= 0.6 is 0 Å². The number of aliphatic hydroxyl groups is 1. The lowest BCUT2D eigenvalue weighted by atomic mass is 10.1. The summed E-state index contributed by atoms with van der Waals surface area (Å²) in [5, 5.41) is 11.7. The Kier molecular flexibility index (Phi) is 6.33. The molecular weight excluding hydrogens is 385 g/mol. The first-order valence-corrected chi connectivity index (χ1v) is 9.43. The predicted molar refractivity (Wildman–Crippen MR) is 103 cm³/mol. The van der Waals surface area contributed by atoms with E-state index in [2.05, 4.69) is 5.16 Å². The molecule has 1 unspecified atom stereocenters. The first-order chi connectivity index (χ1) is 13.9. The van der Waals surface area contributed by atoms with E-state index in [4.69, 9.17) is 19.1 Å². The van der Waals surface area contributed by atoms with Crippen molar-refractivity contribution in [3.63, 3.8) is 0 Å². The molecule has 0 spiro atoms. The number of aldehydes is 1. The standard InChI is InChI=1S/C17H18FN3O5.C2H6O/c1-9-6-20(7-10(2)25-9)14-11(8-22)5-12-15(13(14)18)26-19-16(12)21-3-4-24-17(21)23;1-2-3/h5,8-10H,3-4,6-7H2,1-2H3;3H,2H2,1H3/t9-,10?;/m1./s1. The number of hydrogen-bond donors (Lipinski definition) is 1. The molecule has 2 aliphatic rings. The highest BCUT2D eigenvalue weighted by Gasteiger charge is 2.32. The Bertz CT molecular complexity index is 892. The van der Waals surface area contributed by atoms with Gasteiger partial charge in [-0.3, -0.25) is 9.69 Å². The molecule has 2 atom stereocenters. The molecule has 1 N–H and O–H groups in total. The van der Waals surface area contributed by atoms with Gasteiger partial charge in [0.15, 0.2) is 17.9 Å². The van der Waals surface area contributed by atoms with E-state index < -0.39 is 11.9 Å². The number of nitrogens with zero attached hydrogens (tertiary/aromatic N) is 3. The molecule has 3 heterocycles. The third kappa shape index (κ3) is 4.03. The van der Waals surface area contributed by atoms with Crippen LogP contribution in [0.25, 0.3) is 11.0 Å². The van der Waals surface area contributed by atoms with Crippen LogP contribution in [0, 0.1) is 5.82 Å². The number of anilines is 2. The Hall–Kier alpha value is -2.72. The SMILES string of the molecule is CC1CN(c2c(C=O)cc3c(N4CCOC4=O)noc3c2F)C[C@@H](C)O1.CCO. The average Bonchev–Trinajstić information content (AvgIpc) is 3.27. The first-order valence-electron chi connectivity index (χ1n) is 9.43. The molecule has 9 nitrogen and oxygen atoms in total. The van der Waals surface area contributed by atoms with Gasteiger partial charge < -0.3 is 24.0 Å². The highest BCUT2D eigenvalue weighted by Crippen LogP contribution is 2.37. The number of rotatable bonds is 3. The van der Waals surface area contributed by atoms with Crippen LogP contribution in [-0.2, 0) is 9.47 Å². The van der Waals surface area contributed by atoms with Gasteiger partial charge in [0.2, 0.25) is 5.58 Å². The van der Waals surface area contributed by atoms with Crippen molar-refractivity contribution in [2.75, 3.05) is 42.6 Å². The molecule has 1 aromatic heterocycles. The lowest BCUT2D eigenvalue weighted by Crippen LogP contribution is -2.46. The molecule has 1 amide bonds. The number of carbonyl (C=O) groups is 2. The van der Waals surface area contributed by atoms with Gasteiger partial charge in [-0.25, -0.2) is 9.18 Å². The number of fused-ring (bicyclic) bond motifs is 1. The highest BCUT2D eigenvalue weighted by atomic mass is 19.1. The van der Waals surface area contributed by atoms with Crippen molar-refractivity contribution >= 4 is 34.9 Å². The van der Waals surface area contributed by atoms with Crippen molar-refractivity contribution < 1.29 is 33.1 Å². The normalized spacial score (nSPS) is 21.8. The topological polar surface area (TPSA) is 105 Å². The highest BCUT2D eigenvalue weighted by molar-refractivity contribution is 6.03. The summed E-state index contributed by atoms with van der Waals surface area (Å²) in [6, 6.07) is 1.50. The van der Waals surface area contributed by atoms with Crippen molar-refractivity contribution in [2.24, 2.45) is 0 Å². The maximum absolute atomic E-state index is 15.2. The summed E-state index contributed by atoms with van der Waals surface area (Å²) in [6.07, 6.45) is -0.175. The second kappa shape index (κ2) is 8.75. The van der Waals surface area contributed by atoms with E-state index in [1.165, 1.54) is 11.0 Å². The van der Waals surface area contributed by atoms with E-state index in [9.17, 15) is 9.59 Å². The van der Waals surface area contributed by atoms with Gasteiger partial charge in [-0.2, -0.15) is 0 Å². The number of hydrogen-bond acceptors (Lipinski definition) is 8. The van der Waals surface area contributed by atoms with E-state index in [0.29, 0.717) is 25.9 Å². The largest absolute Gasteiger partial charge is 0.447 e. The minimum atomic E-state index is -0.669. The van der Waals surface area contributed by atoms with E-state index in [-0.39, 0.29) is 53.5 Å². The smallest absolute Gasteiger partial charge is 0.415 e. The maximum Gasteiger partial charge on any atom is 0.415 e. The number of aliphatic hydroxyl groups excluding tert-OH is 1. The number of amides is 1. The van der Waals surface area contributed by atoms with Gasteiger partial charge in [0.1, 0.15) is 6.61 Å². The summed E-state index contributed by atoms with van der Waals surface area (Å²) < 4.78 is 31.0. The molecule has 0 radical (unpaired) electrons. The molecule has 2 aromatic rings. The van der Waals surface area contributed by atoms with Gasteiger partial charge in [-0.1, -0.05) is 5.16 Å². The number of benzene rings is 1. The summed E-state index contributed by atoms with van der Waals surface area (Å²) in [6.45, 7) is 7.13. The lowest BCUT2D eigenvalue weighted by molar-refractivity contribution is -0.00543. The molecule has 1 aromatic carbocycles. The van der Waals surface area contributed by atoms with Crippen LogP contribution in [0.4, 0.5) is 20.7 Å². The molecule has 158 valence electrons. The quantitative estimate of drug-likeness (QED) is 0.770. The minimum Gasteiger partial charge on any atom is -0.447 e. The molecule has 4 rings (SSSR count). The summed E-state index contributed by atoms with van der Waals surface area (Å²) in [5.74, 6) is -0.517. The van der Waals surface area contributed by atoms with Crippen molar-refractivity contribution in [3.05, 3.63) is 17.4 Å². The number of morpholine rings is 1. The molecule has 2 fully saturated rings. The fraction of sp³-hybridized carbons (Fsp3) is 0.526. The molecule has 0 bridgehead atoms. The van der Waals surface area contributed by atoms with Crippen LogP contribution in [0.15, 0.2) is 10.6 Å². The summed E-state index contributed by atoms with van der Waals surface area (Å²) in [5.41, 5.74) is 0.251. The Balaban J connectivity index is 0.000000755. The van der Waals surface area contributed by atoms with Crippen LogP contribution in [0.3, 0.4) is 0 Å². The second-order valence-electron chi connectivity index (χ2n) is 6.87. The Labute approximate surface area is 166 Å². The van der Waals surface area contributed by atoms with Crippen LogP contribution in [0.1, 0.15) is 31.1 Å². The Morgan fingerprint density at radius 2 is 2.00 bits per heavy atom. The molecule has 29 heavy (non-hydrogen) atoms. The monoisotopic (exact) mass is 409 g/mol. The lowest BCUT2D eigenvalue weighted by Gasteiger charge is -2.37. The van der Waals surface area contributed by atoms with Crippen molar-refractivity contribution in [1.29, 1.82) is 0 Å². The zero-order valence-corrected chi connectivity index (χ0v) is 16.6. The molecule has 2 aliphatic heterocycles. The average molecular weight is 409 g/mol. The maximum atomic E-state index is 15.2. The van der Waals surface area contributed by atoms with Crippen LogP contribution in [0.5, 0.6) is 0 Å². The number of halogens is 1. The van der Waals surface area contributed by atoms with Gasteiger partial charge in [-0.15, -0.1) is 0 Å². The molecule has 0 saturated carbocycles. The van der Waals surface area contributed by atoms with Crippen LogP contribution < -0.4 is 9.80 Å². The Morgan fingerprint density at radius 1 is 1.34 bits per heavy atom. The molecular formula is C19H24FN3O6. The molecule has 10 heteroatoms. The summed E-state index contributed by atoms with van der Waals surface area (Å²) in [7, 11) is 0. The van der Waals surface area contributed by atoms with E-state index in [1.807, 2.05) is 13.8 Å². The van der Waals surface area contributed by atoms with Crippen molar-refractivity contribution in [1.82, 2.24) is 5.16 Å². The summed E-state index contributed by atoms with van der Waals surface area (Å²) >= 11 is 0. The van der Waals surface area contributed by atoms with Gasteiger partial charge >= 0.3 is 6.09 Å². The Morgan fingerprint density at radius 3 is 2.55 bits per heavy atom. The zero-order valence-electron chi connectivity index (χ0n) is 16.6. The fourth-order valence-electron chi connectivity index (χ4n) is 3.59. The van der Waals surface area contributed by atoms with E-state index in [0.717, 1.165) is 0 Å². The van der Waals surface area contributed by atoms with Crippen LogP contribution in [-0.4, -0.2) is 67.7 Å². The number of carbonyl (C=O) groups excluding carboxylic acids is 2. The zero-order chi connectivity index (χ0) is 21.1. The van der Waals surface area contributed by atoms with E-state index >= 15 is 4.39 Å². The number of aromatic nitrogens is 1. The third-order valence-electron chi connectivity index (χ3n) is 4.57. The number of cyclic esters (lactones) is 1. The van der Waals surface area contributed by atoms with Gasteiger partial charge in [0.25, 0.3) is 0 Å². The fourth-order valence-corrected chi connectivity index (χ4v) is 3.59. The van der Waals surface area contributed by atoms with Crippen LogP contribution in [0.2, 0.25) is 0 Å². The molecule has 0 aliphatic carbocycles. The first kappa shape index (κ1) is 21.0. The van der Waals surface area contributed by atoms with E-state index in [1.54, 1.807) is 11.8 Å². The predicted octanol–water partition coefficient (Wildman–Crippen LogP) is 2.35. The second-order valence-corrected chi connectivity index (χ2v) is 6.87. The summed E-state index contributed by atoms with van der Waals surface area (Å²) in [4.78, 5) is 26.5. The van der Waals surface area contributed by atoms with Crippen molar-refractivity contribution in [3.8, 4) is 0 Å².